The van der Waals surface area contributed by atoms with Gasteiger partial charge in [0.15, 0.2) is 0 Å². The molecule has 0 spiro atoms. The molecule has 2 aromatic rings. The van der Waals surface area contributed by atoms with Gasteiger partial charge in [-0.1, -0.05) is 55.5 Å². The van der Waals surface area contributed by atoms with Crippen LogP contribution in [0.4, 0.5) is 0 Å². The lowest BCUT2D eigenvalue weighted by atomic mass is 9.97. The van der Waals surface area contributed by atoms with Crippen LogP contribution in [0.1, 0.15) is 77.6 Å². The number of ether oxygens (including phenoxy) is 1. The number of amides is 1. The summed E-state index contributed by atoms with van der Waals surface area (Å²) in [5.74, 6) is -1.80. The van der Waals surface area contributed by atoms with Crippen LogP contribution in [0.25, 0.3) is 11.1 Å². The van der Waals surface area contributed by atoms with Crippen molar-refractivity contribution in [1.29, 1.82) is 0 Å². The van der Waals surface area contributed by atoms with E-state index in [0.29, 0.717) is 22.4 Å². The van der Waals surface area contributed by atoms with Crippen molar-refractivity contribution in [2.45, 2.75) is 65.3 Å². The molecule has 0 radical (unpaired) electrons. The third kappa shape index (κ3) is 4.81. The van der Waals surface area contributed by atoms with Gasteiger partial charge in [0.25, 0.3) is 11.7 Å². The number of nitrogens with one attached hydrogen (secondary N) is 2. The molecule has 1 fully saturated rings. The largest absolute Gasteiger partial charge is 0.462 e. The monoisotopic (exact) mass is 410 g/mol. The maximum atomic E-state index is 13.1. The number of ketones is 1. The van der Waals surface area contributed by atoms with Crippen LogP contribution in [0.3, 0.4) is 0 Å². The fourth-order valence-electron chi connectivity index (χ4n) is 4.05. The molecule has 160 valence electrons. The van der Waals surface area contributed by atoms with Crippen LogP contribution in [0, 0.1) is 13.8 Å². The number of carbonyl (C=O) groups is 3. The molecule has 1 amide bonds. The van der Waals surface area contributed by atoms with Gasteiger partial charge in [0.05, 0.1) is 12.2 Å². The first-order chi connectivity index (χ1) is 14.4. The predicted molar refractivity (Wildman–Crippen MR) is 116 cm³/mol. The van der Waals surface area contributed by atoms with Gasteiger partial charge in [0.1, 0.15) is 5.69 Å². The quantitative estimate of drug-likeness (QED) is 0.318. The van der Waals surface area contributed by atoms with Crippen molar-refractivity contribution in [3.05, 3.63) is 46.8 Å². The van der Waals surface area contributed by atoms with Crippen molar-refractivity contribution >= 4 is 17.7 Å². The zero-order chi connectivity index (χ0) is 21.7. The van der Waals surface area contributed by atoms with Crippen molar-refractivity contribution in [1.82, 2.24) is 10.3 Å². The number of aromatic nitrogens is 1. The molecule has 0 unspecified atom stereocenters. The molecule has 2 N–H and O–H groups in total. The smallest absolute Gasteiger partial charge is 0.340 e. The highest BCUT2D eigenvalue weighted by Gasteiger charge is 2.30. The summed E-state index contributed by atoms with van der Waals surface area (Å²) in [7, 11) is 0. The summed E-state index contributed by atoms with van der Waals surface area (Å²) in [5, 5.41) is 2.90. The average molecular weight is 411 g/mol. The molecule has 1 aromatic carbocycles. The van der Waals surface area contributed by atoms with Gasteiger partial charge in [0.2, 0.25) is 0 Å². The van der Waals surface area contributed by atoms with Crippen LogP contribution in [-0.2, 0) is 9.53 Å². The van der Waals surface area contributed by atoms with Gasteiger partial charge < -0.3 is 15.0 Å². The van der Waals surface area contributed by atoms with Crippen molar-refractivity contribution in [2.75, 3.05) is 6.61 Å². The second kappa shape index (κ2) is 9.74. The Hall–Kier alpha value is -2.89. The summed E-state index contributed by atoms with van der Waals surface area (Å²) in [4.78, 5) is 41.5. The van der Waals surface area contributed by atoms with Gasteiger partial charge in [-0.05, 0) is 39.2 Å². The van der Waals surface area contributed by atoms with Crippen molar-refractivity contribution in [2.24, 2.45) is 0 Å². The Bertz CT molecular complexity index is 919. The van der Waals surface area contributed by atoms with E-state index in [-0.39, 0.29) is 18.3 Å². The van der Waals surface area contributed by atoms with Gasteiger partial charge in [-0.3, -0.25) is 9.59 Å². The Balaban J connectivity index is 1.97. The van der Waals surface area contributed by atoms with E-state index in [0.717, 1.165) is 44.1 Å². The number of hydrogen-bond donors (Lipinski definition) is 2. The van der Waals surface area contributed by atoms with E-state index in [1.54, 1.807) is 13.8 Å². The van der Waals surface area contributed by atoms with Crippen LogP contribution < -0.4 is 5.32 Å². The van der Waals surface area contributed by atoms with Gasteiger partial charge in [0, 0.05) is 17.3 Å². The number of aromatic amines is 1. The summed E-state index contributed by atoms with van der Waals surface area (Å²) in [6, 6.07) is 7.53. The molecule has 0 atom stereocenters. The topological polar surface area (TPSA) is 88.3 Å². The minimum atomic E-state index is -0.659. The third-order valence-corrected chi connectivity index (χ3v) is 5.63. The van der Waals surface area contributed by atoms with Gasteiger partial charge in [-0.15, -0.1) is 0 Å². The maximum Gasteiger partial charge on any atom is 0.340 e. The van der Waals surface area contributed by atoms with Crippen molar-refractivity contribution < 1.29 is 19.1 Å². The normalized spacial score (nSPS) is 14.8. The molecular formula is C24H30N2O4. The van der Waals surface area contributed by atoms with E-state index in [2.05, 4.69) is 10.3 Å². The summed E-state index contributed by atoms with van der Waals surface area (Å²) >= 11 is 0. The first kappa shape index (κ1) is 21.8. The number of carbonyl (C=O) groups excluding carboxylic acids is 3. The molecule has 1 saturated carbocycles. The van der Waals surface area contributed by atoms with E-state index in [9.17, 15) is 14.4 Å². The summed E-state index contributed by atoms with van der Waals surface area (Å²) in [6.07, 6.45) is 6.22. The third-order valence-electron chi connectivity index (χ3n) is 5.63. The number of hydrogen-bond acceptors (Lipinski definition) is 4. The highest BCUT2D eigenvalue weighted by atomic mass is 16.5. The lowest BCUT2D eigenvalue weighted by Crippen LogP contribution is -2.39. The predicted octanol–water partition coefficient (Wildman–Crippen LogP) is 4.50. The number of rotatable bonds is 6. The number of benzene rings is 1. The highest BCUT2D eigenvalue weighted by Crippen LogP contribution is 2.32. The number of aryl methyl sites for hydroxylation is 2. The molecule has 1 aliphatic rings. The SMILES string of the molecule is CCOC(=O)c1c(C)[nH]c(C(=O)C(=O)NC2CCCCCC2)c1-c1ccc(C)cc1. The van der Waals surface area contributed by atoms with E-state index < -0.39 is 17.7 Å². The first-order valence-electron chi connectivity index (χ1n) is 10.7. The summed E-state index contributed by atoms with van der Waals surface area (Å²) < 4.78 is 5.21. The Kier molecular flexibility index (Phi) is 7.08. The Morgan fingerprint density at radius 3 is 2.27 bits per heavy atom. The first-order valence-corrected chi connectivity index (χ1v) is 10.7. The fraction of sp³-hybridized carbons (Fsp3) is 0.458. The molecule has 6 nitrogen and oxygen atoms in total. The fourth-order valence-corrected chi connectivity index (χ4v) is 4.05. The van der Waals surface area contributed by atoms with Crippen LogP contribution in [-0.4, -0.2) is 35.3 Å². The minimum Gasteiger partial charge on any atom is -0.462 e. The highest BCUT2D eigenvalue weighted by molar-refractivity contribution is 6.44. The number of esters is 1. The average Bonchev–Trinajstić information content (AvgIpc) is 2.88. The van der Waals surface area contributed by atoms with Crippen LogP contribution in [0.15, 0.2) is 24.3 Å². The van der Waals surface area contributed by atoms with E-state index >= 15 is 0 Å². The standard InChI is InChI=1S/C24H30N2O4/c1-4-30-24(29)19-16(3)25-21(20(19)17-13-11-15(2)12-14-17)22(27)23(28)26-18-9-7-5-6-8-10-18/h11-14,18,25H,4-10H2,1-3H3,(H,26,28). The second-order valence-corrected chi connectivity index (χ2v) is 7.95. The molecule has 6 heteroatoms. The minimum absolute atomic E-state index is 0.0207. The van der Waals surface area contributed by atoms with Gasteiger partial charge in [-0.25, -0.2) is 4.79 Å². The van der Waals surface area contributed by atoms with Crippen molar-refractivity contribution in [3.63, 3.8) is 0 Å². The van der Waals surface area contributed by atoms with Crippen molar-refractivity contribution in [3.8, 4) is 11.1 Å². The van der Waals surface area contributed by atoms with Crippen LogP contribution in [0.5, 0.6) is 0 Å². The molecule has 0 saturated heterocycles. The van der Waals surface area contributed by atoms with Crippen LogP contribution in [0.2, 0.25) is 0 Å². The molecule has 1 heterocycles. The Morgan fingerprint density at radius 2 is 1.67 bits per heavy atom. The zero-order valence-corrected chi connectivity index (χ0v) is 18.0. The van der Waals surface area contributed by atoms with Gasteiger partial charge >= 0.3 is 5.97 Å². The van der Waals surface area contributed by atoms with E-state index in [1.165, 1.54) is 0 Å². The zero-order valence-electron chi connectivity index (χ0n) is 18.0. The molecule has 1 aliphatic carbocycles. The lowest BCUT2D eigenvalue weighted by molar-refractivity contribution is -0.117. The summed E-state index contributed by atoms with van der Waals surface area (Å²) in [5.41, 5.74) is 3.11. The van der Waals surface area contributed by atoms with E-state index in [4.69, 9.17) is 4.74 Å². The molecule has 0 bridgehead atoms. The Morgan fingerprint density at radius 1 is 1.03 bits per heavy atom. The Labute approximate surface area is 177 Å². The lowest BCUT2D eigenvalue weighted by Gasteiger charge is -2.15. The number of Topliss-reactive ketones (excluding diaryl/α,β-unsaturated/α-hetero) is 1. The van der Waals surface area contributed by atoms with Gasteiger partial charge in [-0.2, -0.15) is 0 Å². The molecular weight excluding hydrogens is 380 g/mol. The molecule has 3 rings (SSSR count). The molecule has 0 aliphatic heterocycles. The molecule has 1 aromatic heterocycles. The van der Waals surface area contributed by atoms with E-state index in [1.807, 2.05) is 31.2 Å². The second-order valence-electron chi connectivity index (χ2n) is 7.95. The molecule has 30 heavy (non-hydrogen) atoms. The van der Waals surface area contributed by atoms with Crippen LogP contribution >= 0.6 is 0 Å². The maximum absolute atomic E-state index is 13.1. The summed E-state index contributed by atoms with van der Waals surface area (Å²) in [6.45, 7) is 5.63. The number of H-pyrrole nitrogens is 1.